The van der Waals surface area contributed by atoms with Gasteiger partial charge in [0, 0.05) is 29.8 Å². The zero-order valence-electron chi connectivity index (χ0n) is 19.8. The highest BCUT2D eigenvalue weighted by molar-refractivity contribution is 7.89. The minimum Gasteiger partial charge on any atom is -0.350 e. The molecule has 38 heavy (non-hydrogen) atoms. The van der Waals surface area contributed by atoms with Crippen molar-refractivity contribution in [2.75, 3.05) is 6.54 Å². The summed E-state index contributed by atoms with van der Waals surface area (Å²) in [6, 6.07) is 6.98. The molecule has 1 amide bonds. The number of pyridine rings is 2. The summed E-state index contributed by atoms with van der Waals surface area (Å²) < 4.78 is 106. The smallest absolute Gasteiger partial charge is 0.350 e. The Morgan fingerprint density at radius 1 is 1.03 bits per heavy atom. The van der Waals surface area contributed by atoms with Crippen molar-refractivity contribution in [2.24, 2.45) is 5.92 Å². The Kier molecular flexibility index (Phi) is 9.09. The lowest BCUT2D eigenvalue weighted by atomic mass is 10.0. The van der Waals surface area contributed by atoms with Crippen molar-refractivity contribution in [3.05, 3.63) is 77.9 Å². The number of nitrogens with zero attached hydrogens (tertiary/aromatic N) is 2. The standard InChI is InChI=1S/C24H22F6N4O3S/c1-14(8-17(26)11-34-38(36,37)19-5-3-16(25)4-6-19)23(35)33-12-18-9-20(21(27)13-31-18)15-2-7-22(32-10-15)24(28,29)30/h2-7,9-10,13-14,17,34H,8,11-12H2,1H3,(H,33,35)/t14-,17+/m0/s1. The Balaban J connectivity index is 1.54. The van der Waals surface area contributed by atoms with Crippen molar-refractivity contribution < 1.29 is 39.6 Å². The van der Waals surface area contributed by atoms with Crippen molar-refractivity contribution in [3.8, 4) is 11.1 Å². The fourth-order valence-electron chi connectivity index (χ4n) is 3.34. The summed E-state index contributed by atoms with van der Waals surface area (Å²) in [4.78, 5) is 19.3. The molecule has 0 spiro atoms. The molecule has 7 nitrogen and oxygen atoms in total. The van der Waals surface area contributed by atoms with Gasteiger partial charge < -0.3 is 5.32 Å². The fourth-order valence-corrected chi connectivity index (χ4v) is 4.41. The van der Waals surface area contributed by atoms with Crippen molar-refractivity contribution in [1.29, 1.82) is 0 Å². The molecule has 2 atom stereocenters. The van der Waals surface area contributed by atoms with Gasteiger partial charge in [-0.05, 0) is 42.8 Å². The third-order valence-corrected chi connectivity index (χ3v) is 6.84. The minimum absolute atomic E-state index is 0.0715. The summed E-state index contributed by atoms with van der Waals surface area (Å²) in [5.41, 5.74) is -0.949. The van der Waals surface area contributed by atoms with Gasteiger partial charge in [-0.25, -0.2) is 26.3 Å². The SMILES string of the molecule is C[C@@H](C[C@@H](F)CNS(=O)(=O)c1ccc(F)cc1)C(=O)NCc1cc(-c2ccc(C(F)(F)F)nc2)c(F)cn1. The van der Waals surface area contributed by atoms with E-state index < -0.39 is 58.1 Å². The van der Waals surface area contributed by atoms with Gasteiger partial charge in [-0.2, -0.15) is 13.2 Å². The zero-order valence-corrected chi connectivity index (χ0v) is 20.6. The van der Waals surface area contributed by atoms with Crippen LogP contribution in [0.1, 0.15) is 24.7 Å². The van der Waals surface area contributed by atoms with Gasteiger partial charge in [-0.15, -0.1) is 0 Å². The molecular formula is C24H22F6N4O3S. The van der Waals surface area contributed by atoms with Crippen molar-refractivity contribution in [3.63, 3.8) is 0 Å². The molecule has 0 saturated carbocycles. The second-order valence-corrected chi connectivity index (χ2v) is 10.1. The largest absolute Gasteiger partial charge is 0.433 e. The highest BCUT2D eigenvalue weighted by Gasteiger charge is 2.32. The highest BCUT2D eigenvalue weighted by Crippen LogP contribution is 2.29. The molecule has 3 rings (SSSR count). The highest BCUT2D eigenvalue weighted by atomic mass is 32.2. The van der Waals surface area contributed by atoms with Gasteiger partial charge in [0.25, 0.3) is 0 Å². The molecule has 2 N–H and O–H groups in total. The quantitative estimate of drug-likeness (QED) is 0.358. The summed E-state index contributed by atoms with van der Waals surface area (Å²) in [5.74, 6) is -2.90. The Labute approximate surface area is 214 Å². The summed E-state index contributed by atoms with van der Waals surface area (Å²) in [7, 11) is -4.07. The van der Waals surface area contributed by atoms with Crippen LogP contribution < -0.4 is 10.0 Å². The number of carbonyl (C=O) groups excluding carboxylic acids is 1. The van der Waals surface area contributed by atoms with Crippen molar-refractivity contribution in [2.45, 2.75) is 37.1 Å². The molecule has 14 heteroatoms. The Morgan fingerprint density at radius 2 is 1.71 bits per heavy atom. The second kappa shape index (κ2) is 11.9. The number of hydrogen-bond donors (Lipinski definition) is 2. The van der Waals surface area contributed by atoms with E-state index in [1.54, 1.807) is 0 Å². The molecule has 0 radical (unpaired) electrons. The van der Waals surface area contributed by atoms with Gasteiger partial charge >= 0.3 is 6.18 Å². The maximum atomic E-state index is 14.4. The maximum Gasteiger partial charge on any atom is 0.433 e. The molecule has 0 aliphatic heterocycles. The molecule has 2 heterocycles. The number of alkyl halides is 4. The number of aromatic nitrogens is 2. The topological polar surface area (TPSA) is 101 Å². The molecule has 0 aliphatic rings. The fraction of sp³-hybridized carbons (Fsp3) is 0.292. The van der Waals surface area contributed by atoms with E-state index in [9.17, 15) is 39.6 Å². The van der Waals surface area contributed by atoms with Gasteiger partial charge in [0.05, 0.1) is 23.3 Å². The third kappa shape index (κ3) is 7.74. The monoisotopic (exact) mass is 560 g/mol. The minimum atomic E-state index is -4.65. The number of sulfonamides is 1. The number of amides is 1. The number of rotatable bonds is 10. The first-order valence-electron chi connectivity index (χ1n) is 11.1. The van der Waals surface area contributed by atoms with Crippen molar-refractivity contribution in [1.82, 2.24) is 20.0 Å². The lowest BCUT2D eigenvalue weighted by Crippen LogP contribution is -2.34. The third-order valence-electron chi connectivity index (χ3n) is 5.40. The van der Waals surface area contributed by atoms with Crippen molar-refractivity contribution >= 4 is 15.9 Å². The van der Waals surface area contributed by atoms with Gasteiger partial charge in [-0.3, -0.25) is 14.8 Å². The van der Waals surface area contributed by atoms with Gasteiger partial charge in [0.15, 0.2) is 0 Å². The molecule has 204 valence electrons. The first kappa shape index (κ1) is 29.0. The van der Waals surface area contributed by atoms with Crippen LogP contribution in [-0.4, -0.2) is 37.0 Å². The molecule has 0 aliphatic carbocycles. The van der Waals surface area contributed by atoms with Crippen LogP contribution in [0.3, 0.4) is 0 Å². The molecule has 1 aromatic carbocycles. The molecule has 0 unspecified atom stereocenters. The van der Waals surface area contributed by atoms with E-state index in [-0.39, 0.29) is 34.7 Å². The van der Waals surface area contributed by atoms with Gasteiger partial charge in [-0.1, -0.05) is 13.0 Å². The number of benzene rings is 1. The average molecular weight is 561 g/mol. The van der Waals surface area contributed by atoms with Crippen LogP contribution in [0.2, 0.25) is 0 Å². The summed E-state index contributed by atoms with van der Waals surface area (Å²) in [5, 5.41) is 2.51. The predicted octanol–water partition coefficient (Wildman–Crippen LogP) is 4.40. The lowest BCUT2D eigenvalue weighted by Gasteiger charge is -2.16. The molecule has 2 aromatic heterocycles. The van der Waals surface area contributed by atoms with E-state index in [1.165, 1.54) is 13.0 Å². The molecule has 0 saturated heterocycles. The van der Waals surface area contributed by atoms with E-state index in [1.807, 2.05) is 0 Å². The first-order valence-corrected chi connectivity index (χ1v) is 12.6. The summed E-state index contributed by atoms with van der Waals surface area (Å²) >= 11 is 0. The first-order chi connectivity index (χ1) is 17.8. The van der Waals surface area contributed by atoms with Crippen LogP contribution in [0.25, 0.3) is 11.1 Å². The van der Waals surface area contributed by atoms with Crippen LogP contribution in [0.4, 0.5) is 26.3 Å². The van der Waals surface area contributed by atoms with E-state index in [0.717, 1.165) is 42.7 Å². The predicted molar refractivity (Wildman–Crippen MR) is 125 cm³/mol. The maximum absolute atomic E-state index is 14.4. The molecule has 3 aromatic rings. The Hall–Kier alpha value is -3.52. The number of halogens is 6. The average Bonchev–Trinajstić information content (AvgIpc) is 2.86. The van der Waals surface area contributed by atoms with E-state index in [4.69, 9.17) is 0 Å². The van der Waals surface area contributed by atoms with Gasteiger partial charge in [0.1, 0.15) is 23.5 Å². The van der Waals surface area contributed by atoms with E-state index in [0.29, 0.717) is 6.07 Å². The summed E-state index contributed by atoms with van der Waals surface area (Å²) in [6.45, 7) is 0.633. The van der Waals surface area contributed by atoms with Crippen LogP contribution in [0, 0.1) is 17.6 Å². The number of hydrogen-bond acceptors (Lipinski definition) is 5. The molecule has 0 fully saturated rings. The molecule has 0 bridgehead atoms. The van der Waals surface area contributed by atoms with Crippen LogP contribution >= 0.6 is 0 Å². The van der Waals surface area contributed by atoms with Crippen LogP contribution in [-0.2, 0) is 27.5 Å². The van der Waals surface area contributed by atoms with E-state index in [2.05, 4.69) is 20.0 Å². The normalized spacial score (nSPS) is 13.7. The number of carbonyl (C=O) groups is 1. The Bertz CT molecular complexity index is 1370. The van der Waals surface area contributed by atoms with Gasteiger partial charge in [0.2, 0.25) is 15.9 Å². The number of nitrogens with one attached hydrogen (secondary N) is 2. The summed E-state index contributed by atoms with van der Waals surface area (Å²) in [6.07, 6.45) is -4.96. The Morgan fingerprint density at radius 3 is 2.32 bits per heavy atom. The molecular weight excluding hydrogens is 538 g/mol. The zero-order chi connectivity index (χ0) is 28.1. The van der Waals surface area contributed by atoms with Crippen LogP contribution in [0.15, 0.2) is 59.8 Å². The second-order valence-electron chi connectivity index (χ2n) is 8.34. The van der Waals surface area contributed by atoms with Crippen LogP contribution in [0.5, 0.6) is 0 Å². The lowest BCUT2D eigenvalue weighted by molar-refractivity contribution is -0.141. The van der Waals surface area contributed by atoms with E-state index >= 15 is 0 Å².